The Morgan fingerprint density at radius 1 is 1.50 bits per heavy atom. The van der Waals surface area contributed by atoms with Gasteiger partial charge in [-0.3, -0.25) is 4.98 Å². The van der Waals surface area contributed by atoms with Crippen LogP contribution in [-0.2, 0) is 6.18 Å². The predicted molar refractivity (Wildman–Crippen MR) is 45.2 cm³/mol. The van der Waals surface area contributed by atoms with Crippen molar-refractivity contribution in [3.63, 3.8) is 0 Å². The zero-order valence-corrected chi connectivity index (χ0v) is 7.74. The standard InChI is InChI=1S/C8H4ClF3N2/c1-4-3-5(8(10,11)12)6(13-2)7(9)14-4/h3H,1H3. The second-order valence-electron chi connectivity index (χ2n) is 2.56. The van der Waals surface area contributed by atoms with Crippen LogP contribution in [0.15, 0.2) is 6.07 Å². The second kappa shape index (κ2) is 3.46. The summed E-state index contributed by atoms with van der Waals surface area (Å²) in [6.45, 7) is 7.96. The van der Waals surface area contributed by atoms with Gasteiger partial charge in [0, 0.05) is 5.69 Å². The second-order valence-corrected chi connectivity index (χ2v) is 2.92. The van der Waals surface area contributed by atoms with Crippen LogP contribution in [0.5, 0.6) is 0 Å². The molecule has 0 unspecified atom stereocenters. The number of alkyl halides is 3. The molecule has 0 radical (unpaired) electrons. The van der Waals surface area contributed by atoms with Gasteiger partial charge in [-0.1, -0.05) is 11.6 Å². The van der Waals surface area contributed by atoms with Crippen LogP contribution in [0.25, 0.3) is 4.85 Å². The monoisotopic (exact) mass is 220 g/mol. The predicted octanol–water partition coefficient (Wildman–Crippen LogP) is 3.61. The van der Waals surface area contributed by atoms with Gasteiger partial charge in [-0.2, -0.15) is 13.2 Å². The highest BCUT2D eigenvalue weighted by molar-refractivity contribution is 6.32. The molecule has 0 saturated carbocycles. The molecule has 0 bridgehead atoms. The lowest BCUT2D eigenvalue weighted by atomic mass is 10.2. The third-order valence-electron chi connectivity index (χ3n) is 1.50. The van der Waals surface area contributed by atoms with Gasteiger partial charge < -0.3 is 0 Å². The van der Waals surface area contributed by atoms with Crippen LogP contribution in [0.4, 0.5) is 18.9 Å². The topological polar surface area (TPSA) is 17.2 Å². The summed E-state index contributed by atoms with van der Waals surface area (Å²) in [4.78, 5) is 6.28. The molecular weight excluding hydrogens is 217 g/mol. The first-order chi connectivity index (χ1) is 6.36. The molecule has 14 heavy (non-hydrogen) atoms. The molecule has 1 aromatic heterocycles. The highest BCUT2D eigenvalue weighted by Gasteiger charge is 2.35. The summed E-state index contributed by atoms with van der Waals surface area (Å²) in [5, 5.41) is -0.410. The third kappa shape index (κ3) is 1.96. The Bertz CT molecular complexity index is 406. The number of hydrogen-bond acceptors (Lipinski definition) is 1. The summed E-state index contributed by atoms with van der Waals surface area (Å²) in [6.07, 6.45) is -4.57. The molecule has 0 atom stereocenters. The van der Waals surface area contributed by atoms with Crippen LogP contribution in [0, 0.1) is 13.5 Å². The fraction of sp³-hybridized carbons (Fsp3) is 0.250. The van der Waals surface area contributed by atoms with Crippen molar-refractivity contribution in [1.29, 1.82) is 0 Å². The third-order valence-corrected chi connectivity index (χ3v) is 1.76. The summed E-state index contributed by atoms with van der Waals surface area (Å²) in [5.74, 6) is 0. The Hall–Kier alpha value is -1.28. The SMILES string of the molecule is [C-]#[N+]c1c(C(F)(F)F)cc(C)nc1Cl. The molecule has 0 spiro atoms. The Morgan fingerprint density at radius 3 is 2.50 bits per heavy atom. The van der Waals surface area contributed by atoms with E-state index >= 15 is 0 Å². The van der Waals surface area contributed by atoms with E-state index in [2.05, 4.69) is 9.83 Å². The van der Waals surface area contributed by atoms with Crippen LogP contribution < -0.4 is 0 Å². The number of halogens is 4. The first kappa shape index (κ1) is 10.8. The minimum absolute atomic E-state index is 0.134. The van der Waals surface area contributed by atoms with Crippen molar-refractivity contribution in [3.05, 3.63) is 33.9 Å². The molecule has 0 aliphatic carbocycles. The van der Waals surface area contributed by atoms with E-state index in [1.165, 1.54) is 6.92 Å². The molecule has 0 saturated heterocycles. The molecular formula is C8H4ClF3N2. The lowest BCUT2D eigenvalue weighted by Gasteiger charge is -2.10. The van der Waals surface area contributed by atoms with E-state index in [-0.39, 0.29) is 5.69 Å². The van der Waals surface area contributed by atoms with Crippen LogP contribution in [0.3, 0.4) is 0 Å². The largest absolute Gasteiger partial charge is 0.407 e. The fourth-order valence-electron chi connectivity index (χ4n) is 0.951. The van der Waals surface area contributed by atoms with Crippen molar-refractivity contribution in [2.24, 2.45) is 0 Å². The van der Waals surface area contributed by atoms with E-state index in [0.717, 1.165) is 6.07 Å². The number of rotatable bonds is 0. The minimum atomic E-state index is -4.57. The Labute approximate surface area is 83.1 Å². The molecule has 0 fully saturated rings. The van der Waals surface area contributed by atoms with Gasteiger partial charge >= 0.3 is 6.18 Å². The van der Waals surface area contributed by atoms with Crippen LogP contribution in [0.1, 0.15) is 11.3 Å². The quantitative estimate of drug-likeness (QED) is 0.482. The zero-order chi connectivity index (χ0) is 10.9. The van der Waals surface area contributed by atoms with Gasteiger partial charge in [-0.15, -0.1) is 0 Å². The average Bonchev–Trinajstić information content (AvgIpc) is 2.01. The van der Waals surface area contributed by atoms with Gasteiger partial charge in [0.1, 0.15) is 5.15 Å². The number of pyridine rings is 1. The molecule has 2 nitrogen and oxygen atoms in total. The summed E-state index contributed by atoms with van der Waals surface area (Å²) in [7, 11) is 0. The van der Waals surface area contributed by atoms with Crippen LogP contribution in [0.2, 0.25) is 5.15 Å². The normalized spacial score (nSPS) is 11.1. The smallest absolute Gasteiger partial charge is 0.253 e. The molecule has 0 N–H and O–H groups in total. The highest BCUT2D eigenvalue weighted by atomic mass is 35.5. The Kier molecular flexibility index (Phi) is 2.67. The molecule has 6 heteroatoms. The molecule has 0 aromatic carbocycles. The fourth-order valence-corrected chi connectivity index (χ4v) is 1.23. The van der Waals surface area contributed by atoms with Crippen molar-refractivity contribution in [1.82, 2.24) is 4.98 Å². The van der Waals surface area contributed by atoms with E-state index in [1.807, 2.05) is 0 Å². The summed E-state index contributed by atoms with van der Waals surface area (Å²) >= 11 is 5.42. The van der Waals surface area contributed by atoms with E-state index in [1.54, 1.807) is 0 Å². The first-order valence-electron chi connectivity index (χ1n) is 3.48. The van der Waals surface area contributed by atoms with Crippen LogP contribution >= 0.6 is 11.6 Å². The van der Waals surface area contributed by atoms with Gasteiger partial charge in [-0.05, 0) is 13.0 Å². The van der Waals surface area contributed by atoms with Gasteiger partial charge in [0.2, 0.25) is 5.69 Å². The lowest BCUT2D eigenvalue weighted by Crippen LogP contribution is -2.06. The molecule has 1 heterocycles. The highest BCUT2D eigenvalue weighted by Crippen LogP contribution is 2.39. The van der Waals surface area contributed by atoms with E-state index in [9.17, 15) is 13.2 Å². The lowest BCUT2D eigenvalue weighted by molar-refractivity contribution is -0.136. The molecule has 74 valence electrons. The maximum absolute atomic E-state index is 12.4. The molecule has 0 aliphatic rings. The number of hydrogen-bond donors (Lipinski definition) is 0. The number of aromatic nitrogens is 1. The summed E-state index contributed by atoms with van der Waals surface area (Å²) in [6, 6.07) is 0.805. The number of aryl methyl sites for hydroxylation is 1. The van der Waals surface area contributed by atoms with Crippen molar-refractivity contribution >= 4 is 17.3 Å². The Balaban J connectivity index is 3.50. The van der Waals surface area contributed by atoms with E-state index in [0.29, 0.717) is 0 Å². The first-order valence-corrected chi connectivity index (χ1v) is 3.86. The van der Waals surface area contributed by atoms with Crippen molar-refractivity contribution in [3.8, 4) is 0 Å². The zero-order valence-electron chi connectivity index (χ0n) is 6.98. The Morgan fingerprint density at radius 2 is 2.07 bits per heavy atom. The van der Waals surface area contributed by atoms with Gasteiger partial charge in [0.15, 0.2) is 0 Å². The molecule has 0 aliphatic heterocycles. The van der Waals surface area contributed by atoms with Crippen molar-refractivity contribution in [2.75, 3.05) is 0 Å². The average molecular weight is 221 g/mol. The minimum Gasteiger partial charge on any atom is -0.253 e. The van der Waals surface area contributed by atoms with Crippen molar-refractivity contribution in [2.45, 2.75) is 13.1 Å². The maximum Gasteiger partial charge on any atom is 0.407 e. The van der Waals surface area contributed by atoms with Crippen molar-refractivity contribution < 1.29 is 13.2 Å². The maximum atomic E-state index is 12.4. The van der Waals surface area contributed by atoms with Gasteiger partial charge in [-0.25, -0.2) is 4.85 Å². The molecule has 1 rings (SSSR count). The van der Waals surface area contributed by atoms with Crippen LogP contribution in [-0.4, -0.2) is 4.98 Å². The molecule has 0 amide bonds. The van der Waals surface area contributed by atoms with E-state index < -0.39 is 22.6 Å². The summed E-state index contributed by atoms with van der Waals surface area (Å²) in [5.41, 5.74) is -1.55. The summed E-state index contributed by atoms with van der Waals surface area (Å²) < 4.78 is 37.1. The molecule has 1 aromatic rings. The van der Waals surface area contributed by atoms with Gasteiger partial charge in [0.05, 0.1) is 12.1 Å². The van der Waals surface area contributed by atoms with E-state index in [4.69, 9.17) is 18.2 Å². The van der Waals surface area contributed by atoms with Gasteiger partial charge in [0.25, 0.3) is 0 Å². The number of nitrogens with zero attached hydrogens (tertiary/aromatic N) is 2.